The molecular weight excluding hydrogens is 270 g/mol. The molecule has 0 spiro atoms. The fraction of sp³-hybridized carbons (Fsp3) is 0.438. The molecule has 1 aromatic carbocycles. The maximum Gasteiger partial charge on any atom is 0.336 e. The minimum Gasteiger partial charge on any atom is -0.479 e. The van der Waals surface area contributed by atoms with E-state index in [0.717, 1.165) is 28.7 Å². The molecule has 0 saturated heterocycles. The van der Waals surface area contributed by atoms with Crippen LogP contribution in [-0.2, 0) is 17.8 Å². The molecule has 2 rings (SSSR count). The lowest BCUT2D eigenvalue weighted by atomic mass is 10.1. The average Bonchev–Trinajstić information content (AvgIpc) is 2.76. The first-order chi connectivity index (χ1) is 9.85. The summed E-state index contributed by atoms with van der Waals surface area (Å²) in [6.07, 6.45) is 0.771. The minimum absolute atomic E-state index is 0.0466. The third-order valence-corrected chi connectivity index (χ3v) is 3.57. The fourth-order valence-electron chi connectivity index (χ4n) is 2.53. The van der Waals surface area contributed by atoms with Crippen molar-refractivity contribution in [3.63, 3.8) is 0 Å². The van der Waals surface area contributed by atoms with Crippen molar-refractivity contribution in [2.75, 3.05) is 13.6 Å². The Bertz CT molecular complexity index is 645. The first kappa shape index (κ1) is 15.5. The molecule has 1 unspecified atom stereocenters. The van der Waals surface area contributed by atoms with Crippen molar-refractivity contribution < 1.29 is 19.4 Å². The summed E-state index contributed by atoms with van der Waals surface area (Å²) in [5.41, 5.74) is 0.125. The number of para-hydroxylation sites is 1. The number of aliphatic carboxylic acids is 1. The molecule has 0 fully saturated rings. The SMILES string of the molecule is CCc1oc2ccccc2c1CN(C)CC(C)(O)C(=O)O. The van der Waals surface area contributed by atoms with Crippen molar-refractivity contribution in [2.24, 2.45) is 0 Å². The smallest absolute Gasteiger partial charge is 0.336 e. The Balaban J connectivity index is 2.25. The van der Waals surface area contributed by atoms with Crippen LogP contribution in [0.4, 0.5) is 0 Å². The monoisotopic (exact) mass is 291 g/mol. The number of likely N-dealkylation sites (N-methyl/N-ethyl adjacent to an activating group) is 1. The van der Waals surface area contributed by atoms with Crippen molar-refractivity contribution in [1.29, 1.82) is 0 Å². The lowest BCUT2D eigenvalue weighted by Crippen LogP contribution is -2.45. The largest absolute Gasteiger partial charge is 0.479 e. The zero-order valence-corrected chi connectivity index (χ0v) is 12.6. The third-order valence-electron chi connectivity index (χ3n) is 3.57. The van der Waals surface area contributed by atoms with Crippen molar-refractivity contribution in [3.8, 4) is 0 Å². The molecular formula is C16H21NO4. The highest BCUT2D eigenvalue weighted by molar-refractivity contribution is 5.82. The van der Waals surface area contributed by atoms with Crippen LogP contribution in [0.2, 0.25) is 0 Å². The standard InChI is InChI=1S/C16H21NO4/c1-4-13-12(11-7-5-6-8-14(11)21-13)9-17(3)10-16(2,20)15(18)19/h5-8,20H,4,9-10H2,1-3H3,(H,18,19). The molecule has 1 aromatic heterocycles. The highest BCUT2D eigenvalue weighted by Gasteiger charge is 2.31. The molecule has 1 heterocycles. The van der Waals surface area contributed by atoms with Gasteiger partial charge in [-0.1, -0.05) is 25.1 Å². The molecule has 0 aliphatic heterocycles. The Morgan fingerprint density at radius 2 is 2.05 bits per heavy atom. The zero-order chi connectivity index (χ0) is 15.6. The topological polar surface area (TPSA) is 73.9 Å². The van der Waals surface area contributed by atoms with E-state index < -0.39 is 11.6 Å². The number of fused-ring (bicyclic) bond motifs is 1. The van der Waals surface area contributed by atoms with Crippen LogP contribution in [0.3, 0.4) is 0 Å². The van der Waals surface area contributed by atoms with Crippen LogP contribution in [0, 0.1) is 0 Å². The fourth-order valence-corrected chi connectivity index (χ4v) is 2.53. The van der Waals surface area contributed by atoms with Crippen LogP contribution in [-0.4, -0.2) is 40.3 Å². The molecule has 114 valence electrons. The number of hydrogen-bond donors (Lipinski definition) is 2. The van der Waals surface area contributed by atoms with E-state index in [1.165, 1.54) is 6.92 Å². The van der Waals surface area contributed by atoms with Gasteiger partial charge in [-0.15, -0.1) is 0 Å². The molecule has 21 heavy (non-hydrogen) atoms. The minimum atomic E-state index is -1.76. The Hall–Kier alpha value is -1.85. The number of rotatable bonds is 6. The maximum absolute atomic E-state index is 11.0. The maximum atomic E-state index is 11.0. The number of carboxylic acid groups (broad SMARTS) is 1. The third kappa shape index (κ3) is 3.25. The van der Waals surface area contributed by atoms with Crippen LogP contribution >= 0.6 is 0 Å². The lowest BCUT2D eigenvalue weighted by Gasteiger charge is -2.25. The van der Waals surface area contributed by atoms with Crippen molar-refractivity contribution in [1.82, 2.24) is 4.90 Å². The van der Waals surface area contributed by atoms with E-state index in [-0.39, 0.29) is 6.54 Å². The predicted octanol–water partition coefficient (Wildman–Crippen LogP) is 2.26. The zero-order valence-electron chi connectivity index (χ0n) is 12.6. The number of aliphatic hydroxyl groups is 1. The summed E-state index contributed by atoms with van der Waals surface area (Å²) in [6, 6.07) is 7.80. The number of furan rings is 1. The molecule has 2 aromatic rings. The molecule has 0 saturated carbocycles. The van der Waals surface area contributed by atoms with E-state index in [0.29, 0.717) is 6.54 Å². The molecule has 2 N–H and O–H groups in total. The summed E-state index contributed by atoms with van der Waals surface area (Å²) in [7, 11) is 1.79. The number of carboxylic acids is 1. The number of carbonyl (C=O) groups is 1. The number of hydrogen-bond acceptors (Lipinski definition) is 4. The quantitative estimate of drug-likeness (QED) is 0.854. The first-order valence-corrected chi connectivity index (χ1v) is 6.98. The van der Waals surface area contributed by atoms with Gasteiger partial charge in [-0.3, -0.25) is 4.90 Å². The molecule has 5 heteroatoms. The number of benzene rings is 1. The Morgan fingerprint density at radius 3 is 2.67 bits per heavy atom. The van der Waals surface area contributed by atoms with Gasteiger partial charge in [0.05, 0.1) is 0 Å². The lowest BCUT2D eigenvalue weighted by molar-refractivity contribution is -0.158. The molecule has 0 aliphatic rings. The van der Waals surface area contributed by atoms with Crippen LogP contribution in [0.25, 0.3) is 11.0 Å². The van der Waals surface area contributed by atoms with E-state index in [4.69, 9.17) is 9.52 Å². The molecule has 5 nitrogen and oxygen atoms in total. The Kier molecular flexibility index (Phi) is 4.34. The summed E-state index contributed by atoms with van der Waals surface area (Å²) in [4.78, 5) is 12.8. The van der Waals surface area contributed by atoms with Gasteiger partial charge >= 0.3 is 5.97 Å². The van der Waals surface area contributed by atoms with E-state index in [9.17, 15) is 9.90 Å². The molecule has 1 atom stereocenters. The van der Waals surface area contributed by atoms with E-state index >= 15 is 0 Å². The Morgan fingerprint density at radius 1 is 1.38 bits per heavy atom. The van der Waals surface area contributed by atoms with Gasteiger partial charge in [-0.25, -0.2) is 4.79 Å². The van der Waals surface area contributed by atoms with E-state index in [1.807, 2.05) is 31.2 Å². The van der Waals surface area contributed by atoms with E-state index in [2.05, 4.69) is 0 Å². The summed E-state index contributed by atoms with van der Waals surface area (Å²) in [6.45, 7) is 3.91. The summed E-state index contributed by atoms with van der Waals surface area (Å²) >= 11 is 0. The van der Waals surface area contributed by atoms with Gasteiger partial charge in [-0.2, -0.15) is 0 Å². The second-order valence-corrected chi connectivity index (χ2v) is 5.60. The van der Waals surface area contributed by atoms with Crippen molar-refractivity contribution in [2.45, 2.75) is 32.4 Å². The second-order valence-electron chi connectivity index (χ2n) is 5.60. The van der Waals surface area contributed by atoms with Gasteiger partial charge in [-0.05, 0) is 20.0 Å². The Labute approximate surface area is 123 Å². The highest BCUT2D eigenvalue weighted by atomic mass is 16.4. The highest BCUT2D eigenvalue weighted by Crippen LogP contribution is 2.27. The molecule has 0 bridgehead atoms. The van der Waals surface area contributed by atoms with Gasteiger partial charge in [0.15, 0.2) is 5.60 Å². The van der Waals surface area contributed by atoms with Gasteiger partial charge in [0, 0.05) is 30.5 Å². The van der Waals surface area contributed by atoms with Crippen LogP contribution in [0.1, 0.15) is 25.2 Å². The van der Waals surface area contributed by atoms with Crippen molar-refractivity contribution in [3.05, 3.63) is 35.6 Å². The second kappa shape index (κ2) is 5.87. The molecule has 0 amide bonds. The summed E-state index contributed by atoms with van der Waals surface area (Å²) < 4.78 is 5.82. The van der Waals surface area contributed by atoms with Gasteiger partial charge in [0.2, 0.25) is 0 Å². The number of aryl methyl sites for hydroxylation is 1. The molecule has 0 aliphatic carbocycles. The normalized spacial score (nSPS) is 14.5. The molecule has 0 radical (unpaired) electrons. The number of nitrogens with zero attached hydrogens (tertiary/aromatic N) is 1. The predicted molar refractivity (Wildman–Crippen MR) is 80.2 cm³/mol. The van der Waals surface area contributed by atoms with Crippen molar-refractivity contribution >= 4 is 16.9 Å². The van der Waals surface area contributed by atoms with Crippen LogP contribution < -0.4 is 0 Å². The summed E-state index contributed by atoms with van der Waals surface area (Å²) in [5.74, 6) is -0.319. The van der Waals surface area contributed by atoms with Gasteiger partial charge in [0.25, 0.3) is 0 Å². The van der Waals surface area contributed by atoms with E-state index in [1.54, 1.807) is 11.9 Å². The first-order valence-electron chi connectivity index (χ1n) is 6.98. The van der Waals surface area contributed by atoms with Gasteiger partial charge < -0.3 is 14.6 Å². The van der Waals surface area contributed by atoms with Gasteiger partial charge in [0.1, 0.15) is 11.3 Å². The summed E-state index contributed by atoms with van der Waals surface area (Å²) in [5, 5.41) is 19.9. The van der Waals surface area contributed by atoms with Crippen LogP contribution in [0.5, 0.6) is 0 Å². The van der Waals surface area contributed by atoms with Crippen LogP contribution in [0.15, 0.2) is 28.7 Å². The average molecular weight is 291 g/mol.